The van der Waals surface area contributed by atoms with Crippen LogP contribution >= 0.6 is 24.8 Å². The second-order valence-electron chi connectivity index (χ2n) is 6.59. The van der Waals surface area contributed by atoms with Crippen LogP contribution in [-0.4, -0.2) is 35.3 Å². The van der Waals surface area contributed by atoms with E-state index in [-0.39, 0.29) is 24.8 Å². The number of ether oxygens (including phenoxy) is 1. The van der Waals surface area contributed by atoms with Crippen LogP contribution in [0.4, 0.5) is 5.82 Å². The number of aromatic nitrogens is 3. The summed E-state index contributed by atoms with van der Waals surface area (Å²) in [4.78, 5) is 11.4. The first-order chi connectivity index (χ1) is 11.5. The maximum atomic E-state index is 5.93. The third-order valence-electron chi connectivity index (χ3n) is 4.61. The van der Waals surface area contributed by atoms with Crippen molar-refractivity contribution in [3.63, 3.8) is 0 Å². The molecule has 9 heteroatoms. The zero-order valence-corrected chi connectivity index (χ0v) is 17.2. The molecule has 1 aliphatic carbocycles. The fourth-order valence-corrected chi connectivity index (χ4v) is 3.05. The van der Waals surface area contributed by atoms with Gasteiger partial charge >= 0.3 is 0 Å². The lowest BCUT2D eigenvalue weighted by Crippen LogP contribution is -2.35. The molecular formula is C17H27Cl2N5O2. The van der Waals surface area contributed by atoms with E-state index in [0.29, 0.717) is 30.9 Å². The van der Waals surface area contributed by atoms with Crippen molar-refractivity contribution in [3.05, 3.63) is 34.6 Å². The first-order valence-electron chi connectivity index (χ1n) is 8.23. The maximum absolute atomic E-state index is 5.93. The zero-order valence-electron chi connectivity index (χ0n) is 15.6. The highest BCUT2D eigenvalue weighted by atomic mass is 35.5. The van der Waals surface area contributed by atoms with E-state index in [2.05, 4.69) is 26.1 Å². The van der Waals surface area contributed by atoms with Gasteiger partial charge in [-0.2, -0.15) is 0 Å². The Morgan fingerprint density at radius 1 is 1.27 bits per heavy atom. The lowest BCUT2D eigenvalue weighted by atomic mass is 9.78. The summed E-state index contributed by atoms with van der Waals surface area (Å²) in [6.07, 6.45) is 1.97. The molecule has 0 aromatic carbocycles. The number of methoxy groups -OCH3 is 1. The molecule has 3 rings (SSSR count). The minimum atomic E-state index is 0. The fourth-order valence-electron chi connectivity index (χ4n) is 3.05. The Morgan fingerprint density at radius 2 is 1.96 bits per heavy atom. The average Bonchev–Trinajstić information content (AvgIpc) is 2.83. The van der Waals surface area contributed by atoms with Crippen molar-refractivity contribution >= 4 is 30.6 Å². The summed E-state index contributed by atoms with van der Waals surface area (Å²) in [5, 5.41) is 4.02. The van der Waals surface area contributed by atoms with Crippen LogP contribution in [0.25, 0.3) is 0 Å². The zero-order chi connectivity index (χ0) is 17.3. The molecule has 0 atom stereocenters. The van der Waals surface area contributed by atoms with Crippen molar-refractivity contribution in [2.45, 2.75) is 51.8 Å². The van der Waals surface area contributed by atoms with Crippen molar-refractivity contribution in [1.82, 2.24) is 15.1 Å². The summed E-state index contributed by atoms with van der Waals surface area (Å²) in [7, 11) is 3.67. The van der Waals surface area contributed by atoms with Gasteiger partial charge < -0.3 is 19.9 Å². The van der Waals surface area contributed by atoms with E-state index in [1.807, 2.05) is 20.9 Å². The number of halogens is 2. The van der Waals surface area contributed by atoms with Crippen LogP contribution in [-0.2, 0) is 17.9 Å². The molecule has 2 aromatic rings. The maximum Gasteiger partial charge on any atom is 0.156 e. The van der Waals surface area contributed by atoms with E-state index in [9.17, 15) is 0 Å². The summed E-state index contributed by atoms with van der Waals surface area (Å²) in [5.74, 6) is 2.85. The smallest absolute Gasteiger partial charge is 0.156 e. The van der Waals surface area contributed by atoms with Gasteiger partial charge in [-0.3, -0.25) is 0 Å². The molecular weight excluding hydrogens is 377 g/mol. The molecule has 1 aliphatic rings. The molecule has 146 valence electrons. The molecule has 0 aliphatic heterocycles. The topological polar surface area (TPSA) is 90.3 Å². The largest absolute Gasteiger partial charge is 0.377 e. The lowest BCUT2D eigenvalue weighted by molar-refractivity contribution is 0.177. The van der Waals surface area contributed by atoms with Crippen molar-refractivity contribution < 1.29 is 9.26 Å². The van der Waals surface area contributed by atoms with Crippen LogP contribution in [0.15, 0.2) is 10.6 Å². The second kappa shape index (κ2) is 9.50. The number of anilines is 1. The van der Waals surface area contributed by atoms with Gasteiger partial charge in [0.2, 0.25) is 0 Å². The van der Waals surface area contributed by atoms with Crippen LogP contribution in [0, 0.1) is 13.8 Å². The Kier molecular flexibility index (Phi) is 8.27. The van der Waals surface area contributed by atoms with Gasteiger partial charge in [0.1, 0.15) is 18.2 Å². The predicted molar refractivity (Wildman–Crippen MR) is 105 cm³/mol. The molecule has 0 unspecified atom stereocenters. The summed E-state index contributed by atoms with van der Waals surface area (Å²) in [6, 6.07) is 2.35. The molecule has 0 saturated heterocycles. The number of nitrogens with two attached hydrogens (primary N) is 1. The summed E-state index contributed by atoms with van der Waals surface area (Å²) < 4.78 is 10.5. The summed E-state index contributed by atoms with van der Waals surface area (Å²) in [5.41, 5.74) is 8.99. The molecule has 2 N–H and O–H groups in total. The monoisotopic (exact) mass is 403 g/mol. The molecule has 0 radical (unpaired) electrons. The van der Waals surface area contributed by atoms with Gasteiger partial charge in [0, 0.05) is 50.0 Å². The predicted octanol–water partition coefficient (Wildman–Crippen LogP) is 2.91. The van der Waals surface area contributed by atoms with Gasteiger partial charge in [-0.15, -0.1) is 24.8 Å². The number of hydrogen-bond donors (Lipinski definition) is 1. The first kappa shape index (κ1) is 22.6. The van der Waals surface area contributed by atoms with Crippen molar-refractivity contribution in [2.24, 2.45) is 5.73 Å². The SMILES string of the molecule is COCc1nc(C2CC(N)C2)cc(N(C)Cc2c(C)noc2C)n1.Cl.Cl. The van der Waals surface area contributed by atoms with E-state index in [1.165, 1.54) is 0 Å². The van der Waals surface area contributed by atoms with Crippen molar-refractivity contribution in [1.29, 1.82) is 0 Å². The minimum absolute atomic E-state index is 0. The van der Waals surface area contributed by atoms with E-state index in [0.717, 1.165) is 41.4 Å². The molecule has 2 aromatic heterocycles. The number of aryl methyl sites for hydroxylation is 2. The highest BCUT2D eigenvalue weighted by Crippen LogP contribution is 2.35. The highest BCUT2D eigenvalue weighted by molar-refractivity contribution is 5.85. The van der Waals surface area contributed by atoms with E-state index < -0.39 is 0 Å². The Balaban J connectivity index is 0.00000169. The molecule has 7 nitrogen and oxygen atoms in total. The third kappa shape index (κ3) is 4.85. The fraction of sp³-hybridized carbons (Fsp3) is 0.588. The van der Waals surface area contributed by atoms with Crippen LogP contribution in [0.1, 0.15) is 47.3 Å². The normalized spacial score (nSPS) is 18.5. The average molecular weight is 404 g/mol. The number of rotatable bonds is 6. The van der Waals surface area contributed by atoms with Gasteiger partial charge in [-0.05, 0) is 26.7 Å². The van der Waals surface area contributed by atoms with Crippen LogP contribution < -0.4 is 10.6 Å². The van der Waals surface area contributed by atoms with Crippen LogP contribution in [0.5, 0.6) is 0 Å². The molecule has 0 spiro atoms. The van der Waals surface area contributed by atoms with Gasteiger partial charge in [0.05, 0.1) is 5.69 Å². The molecule has 1 saturated carbocycles. The van der Waals surface area contributed by atoms with Crippen molar-refractivity contribution in [2.75, 3.05) is 19.1 Å². The Hall–Kier alpha value is -1.41. The molecule has 26 heavy (non-hydrogen) atoms. The molecule has 0 bridgehead atoms. The van der Waals surface area contributed by atoms with E-state index >= 15 is 0 Å². The van der Waals surface area contributed by atoms with Gasteiger partial charge in [-0.25, -0.2) is 9.97 Å². The standard InChI is InChI=1S/C17H25N5O2.2ClH/c1-10-14(11(2)24-21-10)8-22(3)17-7-15(12-5-13(18)6-12)19-16(20-17)9-23-4;;/h7,12-13H,5-6,8-9,18H2,1-4H3;2*1H. The van der Waals surface area contributed by atoms with Crippen LogP contribution in [0.3, 0.4) is 0 Å². The number of nitrogens with zero attached hydrogens (tertiary/aromatic N) is 4. The van der Waals surface area contributed by atoms with E-state index in [4.69, 9.17) is 15.0 Å². The van der Waals surface area contributed by atoms with Crippen molar-refractivity contribution in [3.8, 4) is 0 Å². The summed E-state index contributed by atoms with van der Waals surface area (Å²) >= 11 is 0. The highest BCUT2D eigenvalue weighted by Gasteiger charge is 2.29. The molecule has 1 fully saturated rings. The Morgan fingerprint density at radius 3 is 2.50 bits per heavy atom. The second-order valence-corrected chi connectivity index (χ2v) is 6.59. The van der Waals surface area contributed by atoms with Gasteiger partial charge in [0.15, 0.2) is 5.82 Å². The third-order valence-corrected chi connectivity index (χ3v) is 4.61. The lowest BCUT2D eigenvalue weighted by Gasteiger charge is -2.32. The van der Waals surface area contributed by atoms with Crippen LogP contribution in [0.2, 0.25) is 0 Å². The summed E-state index contributed by atoms with van der Waals surface area (Å²) in [6.45, 7) is 4.98. The Bertz CT molecular complexity index is 700. The minimum Gasteiger partial charge on any atom is -0.377 e. The number of hydrogen-bond acceptors (Lipinski definition) is 7. The Labute approximate surface area is 166 Å². The van der Waals surface area contributed by atoms with Gasteiger partial charge in [-0.1, -0.05) is 5.16 Å². The molecule has 0 amide bonds. The van der Waals surface area contributed by atoms with Gasteiger partial charge in [0.25, 0.3) is 0 Å². The van der Waals surface area contributed by atoms with E-state index in [1.54, 1.807) is 7.11 Å². The first-order valence-corrected chi connectivity index (χ1v) is 8.23. The quantitative estimate of drug-likeness (QED) is 0.792. The molecule has 2 heterocycles.